The van der Waals surface area contributed by atoms with E-state index in [1.54, 1.807) is 6.07 Å². The van der Waals surface area contributed by atoms with Crippen molar-refractivity contribution in [3.05, 3.63) is 62.4 Å². The Balaban J connectivity index is 2.24. The summed E-state index contributed by atoms with van der Waals surface area (Å²) in [6.07, 6.45) is 5.53. The minimum Gasteiger partial charge on any atom is -0.304 e. The van der Waals surface area contributed by atoms with Crippen molar-refractivity contribution in [3.8, 4) is 12.3 Å². The number of halogens is 1. The average Bonchev–Trinajstić information content (AvgIpc) is 2.85. The molecule has 0 saturated carbocycles. The molecule has 3 aromatic rings. The molecule has 5 heteroatoms. The minimum absolute atomic E-state index is 0.283. The smallest absolute Gasteiger partial charge is 0.280 e. The van der Waals surface area contributed by atoms with E-state index in [0.29, 0.717) is 16.9 Å². The summed E-state index contributed by atoms with van der Waals surface area (Å²) in [4.78, 5) is 17.5. The highest BCUT2D eigenvalue weighted by atomic mass is 79.9. The van der Waals surface area contributed by atoms with Gasteiger partial charge in [0.25, 0.3) is 5.91 Å². The second kappa shape index (κ2) is 6.76. The van der Waals surface area contributed by atoms with Crippen molar-refractivity contribution in [1.29, 1.82) is 0 Å². The standard InChI is InChI=1S/C19H15BrN2OS/c1-4-9-22-17-13(3)10-12(2)11-16(17)24-19(22)21-18(23)14-7-5-6-8-15(14)20/h1,5-8,10-11H,9H2,2-3H3. The molecular formula is C19H15BrN2OS. The summed E-state index contributed by atoms with van der Waals surface area (Å²) in [5.74, 6) is 2.37. The van der Waals surface area contributed by atoms with Crippen LogP contribution in [0.5, 0.6) is 0 Å². The van der Waals surface area contributed by atoms with E-state index in [1.165, 1.54) is 16.9 Å². The summed E-state index contributed by atoms with van der Waals surface area (Å²) in [7, 11) is 0. The fraction of sp³-hybridized carbons (Fsp3) is 0.158. The Morgan fingerprint density at radius 1 is 1.33 bits per heavy atom. The Hall–Kier alpha value is -2.16. The zero-order valence-electron chi connectivity index (χ0n) is 13.3. The van der Waals surface area contributed by atoms with Gasteiger partial charge in [0.2, 0.25) is 0 Å². The van der Waals surface area contributed by atoms with Gasteiger partial charge in [-0.2, -0.15) is 4.99 Å². The summed E-state index contributed by atoms with van der Waals surface area (Å²) < 4.78 is 3.75. The molecule has 1 amide bonds. The molecule has 0 unspecified atom stereocenters. The van der Waals surface area contributed by atoms with E-state index < -0.39 is 0 Å². The number of hydrogen-bond donors (Lipinski definition) is 0. The number of rotatable bonds is 2. The van der Waals surface area contributed by atoms with E-state index in [0.717, 1.165) is 20.3 Å². The number of fused-ring (bicyclic) bond motifs is 1. The van der Waals surface area contributed by atoms with Crippen molar-refractivity contribution in [1.82, 2.24) is 4.57 Å². The molecule has 0 saturated heterocycles. The third-order valence-corrected chi connectivity index (χ3v) is 5.38. The molecule has 0 radical (unpaired) electrons. The van der Waals surface area contributed by atoms with Crippen LogP contribution >= 0.6 is 27.3 Å². The van der Waals surface area contributed by atoms with Gasteiger partial charge in [-0.15, -0.1) is 6.42 Å². The highest BCUT2D eigenvalue weighted by Crippen LogP contribution is 2.23. The number of amides is 1. The third-order valence-electron chi connectivity index (χ3n) is 3.66. The van der Waals surface area contributed by atoms with Gasteiger partial charge in [-0.25, -0.2) is 0 Å². The van der Waals surface area contributed by atoms with Gasteiger partial charge >= 0.3 is 0 Å². The molecule has 0 atom stereocenters. The van der Waals surface area contributed by atoms with Crippen molar-refractivity contribution in [2.75, 3.05) is 0 Å². The van der Waals surface area contributed by atoms with Gasteiger partial charge in [0.15, 0.2) is 4.80 Å². The summed E-state index contributed by atoms with van der Waals surface area (Å²) in [5.41, 5.74) is 3.89. The van der Waals surface area contributed by atoms with Crippen LogP contribution in [0.2, 0.25) is 0 Å². The van der Waals surface area contributed by atoms with Crippen LogP contribution < -0.4 is 4.80 Å². The van der Waals surface area contributed by atoms with Gasteiger partial charge in [-0.05, 0) is 59.1 Å². The molecule has 3 nitrogen and oxygen atoms in total. The van der Waals surface area contributed by atoms with E-state index in [-0.39, 0.29) is 5.91 Å². The van der Waals surface area contributed by atoms with Crippen LogP contribution in [-0.2, 0) is 6.54 Å². The molecule has 0 bridgehead atoms. The van der Waals surface area contributed by atoms with Gasteiger partial charge in [0, 0.05) is 4.47 Å². The number of hydrogen-bond acceptors (Lipinski definition) is 2. The first-order chi connectivity index (χ1) is 11.5. The first kappa shape index (κ1) is 16.7. The SMILES string of the molecule is C#CCn1c(=NC(=O)c2ccccc2Br)sc2cc(C)cc(C)c21. The Bertz CT molecular complexity index is 1050. The molecule has 3 rings (SSSR count). The Morgan fingerprint density at radius 3 is 2.79 bits per heavy atom. The van der Waals surface area contributed by atoms with E-state index in [2.05, 4.69) is 52.8 Å². The van der Waals surface area contributed by atoms with Crippen LogP contribution in [0.15, 0.2) is 45.9 Å². The van der Waals surface area contributed by atoms with Gasteiger partial charge in [-0.3, -0.25) is 4.79 Å². The fourth-order valence-electron chi connectivity index (χ4n) is 2.70. The number of aryl methyl sites for hydroxylation is 2. The second-order valence-corrected chi connectivity index (χ2v) is 7.36. The lowest BCUT2D eigenvalue weighted by Crippen LogP contribution is -2.17. The molecular weight excluding hydrogens is 384 g/mol. The lowest BCUT2D eigenvalue weighted by molar-refractivity contribution is 0.0997. The molecule has 0 aliphatic heterocycles. The molecule has 0 aliphatic carbocycles. The highest BCUT2D eigenvalue weighted by molar-refractivity contribution is 9.10. The molecule has 0 fully saturated rings. The first-order valence-electron chi connectivity index (χ1n) is 7.39. The van der Waals surface area contributed by atoms with Crippen LogP contribution in [0.25, 0.3) is 10.2 Å². The lowest BCUT2D eigenvalue weighted by atomic mass is 10.1. The van der Waals surface area contributed by atoms with Gasteiger partial charge in [-0.1, -0.05) is 35.5 Å². The number of nitrogens with zero attached hydrogens (tertiary/aromatic N) is 2. The predicted molar refractivity (Wildman–Crippen MR) is 102 cm³/mol. The largest absolute Gasteiger partial charge is 0.304 e. The monoisotopic (exact) mass is 398 g/mol. The van der Waals surface area contributed by atoms with Crippen LogP contribution in [-0.4, -0.2) is 10.5 Å². The predicted octanol–water partition coefficient (Wildman–Crippen LogP) is 4.46. The Labute approximate surface area is 152 Å². The van der Waals surface area contributed by atoms with Crippen molar-refractivity contribution in [2.45, 2.75) is 20.4 Å². The first-order valence-corrected chi connectivity index (χ1v) is 9.00. The molecule has 0 N–H and O–H groups in total. The third kappa shape index (κ3) is 3.08. The number of carbonyl (C=O) groups is 1. The summed E-state index contributed by atoms with van der Waals surface area (Å²) in [6, 6.07) is 11.5. The summed E-state index contributed by atoms with van der Waals surface area (Å²) in [5, 5.41) is 0. The zero-order valence-corrected chi connectivity index (χ0v) is 15.7. The number of aromatic nitrogens is 1. The topological polar surface area (TPSA) is 34.4 Å². The van der Waals surface area contributed by atoms with Gasteiger partial charge in [0.1, 0.15) is 0 Å². The van der Waals surface area contributed by atoms with Gasteiger partial charge < -0.3 is 4.57 Å². The molecule has 1 aromatic heterocycles. The van der Waals surface area contributed by atoms with Crippen LogP contribution in [0, 0.1) is 26.2 Å². The van der Waals surface area contributed by atoms with E-state index in [9.17, 15) is 4.79 Å². The molecule has 24 heavy (non-hydrogen) atoms. The maximum Gasteiger partial charge on any atom is 0.280 e. The van der Waals surface area contributed by atoms with E-state index in [4.69, 9.17) is 6.42 Å². The zero-order chi connectivity index (χ0) is 17.3. The average molecular weight is 399 g/mol. The Morgan fingerprint density at radius 2 is 2.08 bits per heavy atom. The highest BCUT2D eigenvalue weighted by Gasteiger charge is 2.12. The van der Waals surface area contributed by atoms with Crippen LogP contribution in [0.3, 0.4) is 0 Å². The van der Waals surface area contributed by atoms with Crippen LogP contribution in [0.4, 0.5) is 0 Å². The maximum atomic E-state index is 12.6. The summed E-state index contributed by atoms with van der Waals surface area (Å²) in [6.45, 7) is 4.49. The van der Waals surface area contributed by atoms with E-state index in [1.807, 2.05) is 22.8 Å². The molecule has 1 heterocycles. The molecule has 0 aliphatic rings. The van der Waals surface area contributed by atoms with Crippen molar-refractivity contribution < 1.29 is 4.79 Å². The van der Waals surface area contributed by atoms with Crippen LogP contribution in [0.1, 0.15) is 21.5 Å². The minimum atomic E-state index is -0.283. The molecule has 2 aromatic carbocycles. The van der Waals surface area contributed by atoms with E-state index >= 15 is 0 Å². The fourth-order valence-corrected chi connectivity index (χ4v) is 4.36. The molecule has 120 valence electrons. The number of terminal acetylenes is 1. The number of benzene rings is 2. The van der Waals surface area contributed by atoms with Gasteiger partial charge in [0.05, 0.1) is 22.3 Å². The normalized spacial score (nSPS) is 11.7. The quantitative estimate of drug-likeness (QED) is 0.586. The maximum absolute atomic E-state index is 12.6. The van der Waals surface area contributed by atoms with Crippen molar-refractivity contribution in [3.63, 3.8) is 0 Å². The number of thiazole rings is 1. The molecule has 0 spiro atoms. The lowest BCUT2D eigenvalue weighted by Gasteiger charge is -2.04. The Kier molecular flexibility index (Phi) is 4.70. The number of carbonyl (C=O) groups excluding carboxylic acids is 1. The van der Waals surface area contributed by atoms with Crippen molar-refractivity contribution >= 4 is 43.4 Å². The second-order valence-electron chi connectivity index (χ2n) is 5.50. The summed E-state index contributed by atoms with van der Waals surface area (Å²) >= 11 is 4.88. The van der Waals surface area contributed by atoms with Crippen molar-refractivity contribution in [2.24, 2.45) is 4.99 Å².